The van der Waals surface area contributed by atoms with Gasteiger partial charge < -0.3 is 40.6 Å². The second kappa shape index (κ2) is 23.1. The lowest BCUT2D eigenvalue weighted by Gasteiger charge is -2.09. The fraction of sp³-hybridized carbons (Fsp3) is 0.810. The maximum atomic E-state index is 11.6. The highest BCUT2D eigenvalue weighted by Crippen LogP contribution is 2.02. The van der Waals surface area contributed by atoms with E-state index in [9.17, 15) is 19.2 Å². The number of rotatable bonds is 23. The van der Waals surface area contributed by atoms with Crippen molar-refractivity contribution in [3.63, 3.8) is 0 Å². The van der Waals surface area contributed by atoms with Crippen LogP contribution < -0.4 is 21.7 Å². The summed E-state index contributed by atoms with van der Waals surface area (Å²) in [5.41, 5.74) is 5.51. The van der Waals surface area contributed by atoms with E-state index in [1.54, 1.807) is 6.92 Å². The SMILES string of the molecule is CCC(=O)NCCOCCOCC(=O)NCCOCCOCC(=O)NCCCCC(N)C(=O)P. The Hall–Kier alpha value is -1.69. The molecule has 0 radical (unpaired) electrons. The molecular weight excluding hydrogens is 467 g/mol. The van der Waals surface area contributed by atoms with Gasteiger partial charge in [-0.1, -0.05) is 16.2 Å². The van der Waals surface area contributed by atoms with Crippen LogP contribution in [0.3, 0.4) is 0 Å². The lowest BCUT2D eigenvalue weighted by Crippen LogP contribution is -2.32. The highest BCUT2D eigenvalue weighted by atomic mass is 31.0. The average Bonchev–Trinajstić information content (AvgIpc) is 2.81. The molecule has 0 fully saturated rings. The van der Waals surface area contributed by atoms with Crippen molar-refractivity contribution < 1.29 is 38.1 Å². The van der Waals surface area contributed by atoms with Crippen molar-refractivity contribution in [2.24, 2.45) is 5.73 Å². The maximum Gasteiger partial charge on any atom is 0.246 e. The zero-order valence-electron chi connectivity index (χ0n) is 20.1. The van der Waals surface area contributed by atoms with E-state index in [1.165, 1.54) is 0 Å². The molecule has 2 atom stereocenters. The normalized spacial score (nSPS) is 11.6. The predicted molar refractivity (Wildman–Crippen MR) is 129 cm³/mol. The van der Waals surface area contributed by atoms with E-state index in [-0.39, 0.29) is 49.7 Å². The third-order valence-corrected chi connectivity index (χ3v) is 4.73. The fourth-order valence-electron chi connectivity index (χ4n) is 2.38. The summed E-state index contributed by atoms with van der Waals surface area (Å²) in [6, 6.07) is -0.464. The Balaban J connectivity index is 3.35. The van der Waals surface area contributed by atoms with E-state index in [1.807, 2.05) is 0 Å². The van der Waals surface area contributed by atoms with Crippen molar-refractivity contribution in [3.05, 3.63) is 0 Å². The topological polar surface area (TPSA) is 167 Å². The molecule has 0 aromatic rings. The van der Waals surface area contributed by atoms with Gasteiger partial charge in [0.25, 0.3) is 0 Å². The number of carbonyl (C=O) groups is 4. The van der Waals surface area contributed by atoms with Crippen molar-refractivity contribution in [1.82, 2.24) is 16.0 Å². The van der Waals surface area contributed by atoms with Crippen LogP contribution >= 0.6 is 9.24 Å². The Morgan fingerprint density at radius 2 is 1.18 bits per heavy atom. The van der Waals surface area contributed by atoms with Gasteiger partial charge in [0.05, 0.1) is 45.7 Å². The predicted octanol–water partition coefficient (Wildman–Crippen LogP) is -1.29. The van der Waals surface area contributed by atoms with Crippen LogP contribution in [0.4, 0.5) is 0 Å². The van der Waals surface area contributed by atoms with Gasteiger partial charge in [-0.15, -0.1) is 0 Å². The summed E-state index contributed by atoms with van der Waals surface area (Å²) in [6.07, 6.45) is 2.54. The molecule has 0 rings (SSSR count). The Morgan fingerprint density at radius 1 is 0.706 bits per heavy atom. The zero-order valence-corrected chi connectivity index (χ0v) is 21.3. The Kier molecular flexibility index (Phi) is 21.9. The fourth-order valence-corrected chi connectivity index (χ4v) is 2.55. The number of carbonyl (C=O) groups excluding carboxylic acids is 4. The number of unbranched alkanes of at least 4 members (excludes halogenated alkanes) is 1. The highest BCUT2D eigenvalue weighted by Gasteiger charge is 2.07. The molecule has 5 N–H and O–H groups in total. The second-order valence-corrected chi connectivity index (χ2v) is 7.81. The van der Waals surface area contributed by atoms with Crippen molar-refractivity contribution in [2.75, 3.05) is 72.5 Å². The van der Waals surface area contributed by atoms with Crippen LogP contribution in [0.15, 0.2) is 0 Å². The number of ether oxygens (including phenoxy) is 4. The third kappa shape index (κ3) is 22.1. The van der Waals surface area contributed by atoms with Crippen molar-refractivity contribution in [1.29, 1.82) is 0 Å². The minimum atomic E-state index is -0.464. The van der Waals surface area contributed by atoms with Gasteiger partial charge in [0, 0.05) is 26.1 Å². The van der Waals surface area contributed by atoms with Gasteiger partial charge in [0.15, 0.2) is 5.52 Å². The molecule has 0 aromatic carbocycles. The number of nitrogens with one attached hydrogen (secondary N) is 3. The monoisotopic (exact) mass is 508 g/mol. The molecule has 2 unspecified atom stereocenters. The molecule has 0 aromatic heterocycles. The van der Waals surface area contributed by atoms with Gasteiger partial charge in [-0.25, -0.2) is 0 Å². The summed E-state index contributed by atoms with van der Waals surface area (Å²) in [5, 5.41) is 8.08. The van der Waals surface area contributed by atoms with Crippen LogP contribution in [-0.4, -0.2) is 102 Å². The number of hydrogen-bond acceptors (Lipinski definition) is 9. The highest BCUT2D eigenvalue weighted by molar-refractivity contribution is 7.40. The summed E-state index contributed by atoms with van der Waals surface area (Å²) in [4.78, 5) is 45.2. The quantitative estimate of drug-likeness (QED) is 0.0970. The molecule has 0 bridgehead atoms. The van der Waals surface area contributed by atoms with Gasteiger partial charge in [0.1, 0.15) is 13.2 Å². The molecule has 3 amide bonds. The Labute approximate surface area is 203 Å². The van der Waals surface area contributed by atoms with E-state index < -0.39 is 6.04 Å². The summed E-state index contributed by atoms with van der Waals surface area (Å²) >= 11 is 0. The molecule has 13 heteroatoms. The standard InChI is InChI=1S/C21H41N4O8P/c1-2-18(26)24-7-9-30-11-14-33-16-20(28)25-8-10-31-12-13-32-15-19(27)23-6-4-3-5-17(22)21(29)34/h17H,2-16,22,34H2,1H3,(H,23,27)(H,24,26)(H,25,28). The van der Waals surface area contributed by atoms with E-state index in [4.69, 9.17) is 24.7 Å². The minimum Gasteiger partial charge on any atom is -0.377 e. The number of hydrogen-bond donors (Lipinski definition) is 4. The molecule has 0 saturated carbocycles. The molecule has 198 valence electrons. The molecule has 0 aliphatic heterocycles. The summed E-state index contributed by atoms with van der Waals surface area (Å²) in [7, 11) is 2.07. The molecular formula is C21H41N4O8P. The zero-order chi connectivity index (χ0) is 25.4. The minimum absolute atomic E-state index is 0.0212. The van der Waals surface area contributed by atoms with Crippen LogP contribution in [0.2, 0.25) is 0 Å². The van der Waals surface area contributed by atoms with Crippen molar-refractivity contribution in [2.45, 2.75) is 38.6 Å². The molecule has 34 heavy (non-hydrogen) atoms. The van der Waals surface area contributed by atoms with E-state index in [0.29, 0.717) is 58.9 Å². The third-order valence-electron chi connectivity index (χ3n) is 4.30. The molecule has 0 saturated heterocycles. The molecule has 0 heterocycles. The molecule has 0 spiro atoms. The first-order valence-electron chi connectivity index (χ1n) is 11.5. The van der Waals surface area contributed by atoms with Crippen LogP contribution in [-0.2, 0) is 38.1 Å². The maximum absolute atomic E-state index is 11.6. The lowest BCUT2D eigenvalue weighted by molar-refractivity contribution is -0.127. The van der Waals surface area contributed by atoms with Crippen molar-refractivity contribution >= 4 is 32.5 Å². The smallest absolute Gasteiger partial charge is 0.246 e. The first-order valence-corrected chi connectivity index (χ1v) is 12.1. The Morgan fingerprint density at radius 3 is 1.68 bits per heavy atom. The van der Waals surface area contributed by atoms with Gasteiger partial charge in [-0.2, -0.15) is 0 Å². The van der Waals surface area contributed by atoms with Crippen molar-refractivity contribution in [3.8, 4) is 0 Å². The van der Waals surface area contributed by atoms with E-state index in [0.717, 1.165) is 12.8 Å². The van der Waals surface area contributed by atoms with Gasteiger partial charge in [-0.05, 0) is 19.3 Å². The number of nitrogens with two attached hydrogens (primary N) is 1. The van der Waals surface area contributed by atoms with E-state index in [2.05, 4.69) is 25.2 Å². The lowest BCUT2D eigenvalue weighted by atomic mass is 10.1. The first kappa shape index (κ1) is 32.3. The van der Waals surface area contributed by atoms with Crippen LogP contribution in [0.1, 0.15) is 32.6 Å². The Bertz CT molecular complexity index is 583. The average molecular weight is 509 g/mol. The summed E-state index contributed by atoms with van der Waals surface area (Å²) in [5.74, 6) is -0.492. The first-order chi connectivity index (χ1) is 16.4. The van der Waals surface area contributed by atoms with Crippen LogP contribution in [0.5, 0.6) is 0 Å². The van der Waals surface area contributed by atoms with Gasteiger partial charge >= 0.3 is 0 Å². The second-order valence-electron chi connectivity index (χ2n) is 7.24. The molecule has 0 aliphatic rings. The van der Waals surface area contributed by atoms with E-state index >= 15 is 0 Å². The number of amides is 3. The van der Waals surface area contributed by atoms with Crippen LogP contribution in [0, 0.1) is 0 Å². The van der Waals surface area contributed by atoms with Crippen LogP contribution in [0.25, 0.3) is 0 Å². The van der Waals surface area contributed by atoms with Gasteiger partial charge in [0.2, 0.25) is 17.7 Å². The summed E-state index contributed by atoms with van der Waals surface area (Å²) in [6.45, 7) is 4.83. The van der Waals surface area contributed by atoms with Gasteiger partial charge in [-0.3, -0.25) is 19.2 Å². The molecule has 0 aliphatic carbocycles. The molecule has 12 nitrogen and oxygen atoms in total. The largest absolute Gasteiger partial charge is 0.377 e. The summed E-state index contributed by atoms with van der Waals surface area (Å²) < 4.78 is 21.0.